The van der Waals surface area contributed by atoms with Crippen molar-refractivity contribution >= 4 is 27.7 Å². The van der Waals surface area contributed by atoms with Gasteiger partial charge in [0.05, 0.1) is 30.5 Å². The minimum Gasteiger partial charge on any atom is -0.465 e. The van der Waals surface area contributed by atoms with Crippen molar-refractivity contribution in [3.8, 4) is 0 Å². The van der Waals surface area contributed by atoms with E-state index in [1.807, 2.05) is 0 Å². The van der Waals surface area contributed by atoms with Crippen molar-refractivity contribution < 1.29 is 14.5 Å². The Labute approximate surface area is 122 Å². The maximum Gasteiger partial charge on any atom is 0.404 e. The maximum absolute atomic E-state index is 11.6. The van der Waals surface area contributed by atoms with Crippen LogP contribution in [0.3, 0.4) is 0 Å². The average Bonchev–Trinajstić information content (AvgIpc) is 2.79. The van der Waals surface area contributed by atoms with Gasteiger partial charge in [-0.2, -0.15) is 4.68 Å². The molecule has 0 saturated heterocycles. The number of methoxy groups -OCH3 is 1. The van der Waals surface area contributed by atoms with Crippen molar-refractivity contribution in [1.82, 2.24) is 9.78 Å². The number of nitrogens with zero attached hydrogens (tertiary/aromatic N) is 3. The van der Waals surface area contributed by atoms with Gasteiger partial charge in [-0.25, -0.2) is 4.79 Å². The standard InChI is InChI=1S/C12H10BrN3O4/c1-20-12(17)9-5-3-2-4-8(9)6-15-7-10(13)11(14-15)16(18)19/h2-5,7H,6H2,1H3. The largest absolute Gasteiger partial charge is 0.465 e. The Balaban J connectivity index is 2.33. The molecule has 2 rings (SSSR count). The van der Waals surface area contributed by atoms with E-state index in [0.29, 0.717) is 11.1 Å². The fourth-order valence-electron chi connectivity index (χ4n) is 1.73. The Morgan fingerprint density at radius 1 is 1.50 bits per heavy atom. The first-order valence-electron chi connectivity index (χ1n) is 5.56. The summed E-state index contributed by atoms with van der Waals surface area (Å²) in [4.78, 5) is 21.8. The molecule has 0 radical (unpaired) electrons. The molecule has 0 N–H and O–H groups in total. The molecule has 0 bridgehead atoms. The predicted molar refractivity (Wildman–Crippen MR) is 73.5 cm³/mol. The minimum absolute atomic E-state index is 0.234. The summed E-state index contributed by atoms with van der Waals surface area (Å²) in [5, 5.41) is 14.6. The summed E-state index contributed by atoms with van der Waals surface area (Å²) in [5.74, 6) is -0.720. The van der Waals surface area contributed by atoms with Crippen LogP contribution in [0.1, 0.15) is 15.9 Å². The normalized spacial score (nSPS) is 10.3. The van der Waals surface area contributed by atoms with Gasteiger partial charge in [-0.05, 0) is 32.5 Å². The van der Waals surface area contributed by atoms with E-state index in [4.69, 9.17) is 4.74 Å². The van der Waals surface area contributed by atoms with E-state index in [2.05, 4.69) is 21.0 Å². The van der Waals surface area contributed by atoms with Crippen LogP contribution in [-0.4, -0.2) is 27.8 Å². The molecular formula is C12H10BrN3O4. The molecule has 0 spiro atoms. The molecule has 1 aromatic heterocycles. The van der Waals surface area contributed by atoms with Gasteiger partial charge in [0.2, 0.25) is 0 Å². The molecule has 7 nitrogen and oxygen atoms in total. The first-order chi connectivity index (χ1) is 9.52. The maximum atomic E-state index is 11.6. The highest BCUT2D eigenvalue weighted by atomic mass is 79.9. The Morgan fingerprint density at radius 3 is 2.80 bits per heavy atom. The molecule has 0 atom stereocenters. The lowest BCUT2D eigenvalue weighted by molar-refractivity contribution is -0.390. The highest BCUT2D eigenvalue weighted by Crippen LogP contribution is 2.23. The lowest BCUT2D eigenvalue weighted by Crippen LogP contribution is -2.09. The number of ether oxygens (including phenoxy) is 1. The fourth-order valence-corrected chi connectivity index (χ4v) is 2.19. The van der Waals surface area contributed by atoms with Crippen molar-refractivity contribution in [3.63, 3.8) is 0 Å². The van der Waals surface area contributed by atoms with Crippen LogP contribution < -0.4 is 0 Å². The van der Waals surface area contributed by atoms with Crippen LogP contribution in [0.5, 0.6) is 0 Å². The number of halogens is 1. The monoisotopic (exact) mass is 339 g/mol. The molecule has 1 heterocycles. The molecule has 0 amide bonds. The zero-order valence-electron chi connectivity index (χ0n) is 10.4. The molecule has 0 aliphatic heterocycles. The topological polar surface area (TPSA) is 87.3 Å². The van der Waals surface area contributed by atoms with Gasteiger partial charge in [-0.1, -0.05) is 18.2 Å². The van der Waals surface area contributed by atoms with Crippen molar-refractivity contribution in [1.29, 1.82) is 0 Å². The van der Waals surface area contributed by atoms with Crippen molar-refractivity contribution in [3.05, 3.63) is 56.2 Å². The Bertz CT molecular complexity index is 668. The highest BCUT2D eigenvalue weighted by Gasteiger charge is 2.20. The number of carbonyl (C=O) groups excluding carboxylic acids is 1. The minimum atomic E-state index is -0.577. The van der Waals surface area contributed by atoms with Gasteiger partial charge < -0.3 is 14.9 Å². The number of carbonyl (C=O) groups is 1. The van der Waals surface area contributed by atoms with Crippen LogP contribution >= 0.6 is 15.9 Å². The molecule has 0 aliphatic rings. The molecular weight excluding hydrogens is 330 g/mol. The van der Waals surface area contributed by atoms with E-state index in [1.54, 1.807) is 24.3 Å². The van der Waals surface area contributed by atoms with Gasteiger partial charge in [-0.15, -0.1) is 0 Å². The van der Waals surface area contributed by atoms with Crippen LogP contribution in [0.15, 0.2) is 34.9 Å². The van der Waals surface area contributed by atoms with E-state index >= 15 is 0 Å². The van der Waals surface area contributed by atoms with Crippen LogP contribution in [-0.2, 0) is 11.3 Å². The smallest absolute Gasteiger partial charge is 0.404 e. The van der Waals surface area contributed by atoms with Gasteiger partial charge in [0.1, 0.15) is 4.47 Å². The molecule has 1 aromatic carbocycles. The lowest BCUT2D eigenvalue weighted by atomic mass is 10.1. The van der Waals surface area contributed by atoms with E-state index in [-0.39, 0.29) is 16.8 Å². The van der Waals surface area contributed by atoms with E-state index in [9.17, 15) is 14.9 Å². The summed E-state index contributed by atoms with van der Waals surface area (Å²) >= 11 is 3.08. The molecule has 20 heavy (non-hydrogen) atoms. The SMILES string of the molecule is COC(=O)c1ccccc1Cn1cc(Br)c([N+](=O)[O-])n1. The van der Waals surface area contributed by atoms with Crippen molar-refractivity contribution in [2.75, 3.05) is 7.11 Å². The fraction of sp³-hybridized carbons (Fsp3) is 0.167. The lowest BCUT2D eigenvalue weighted by Gasteiger charge is -2.05. The number of nitro groups is 1. The average molecular weight is 340 g/mol. The van der Waals surface area contributed by atoms with Gasteiger partial charge in [0, 0.05) is 0 Å². The second-order valence-corrected chi connectivity index (χ2v) is 4.76. The van der Waals surface area contributed by atoms with Gasteiger partial charge in [0.25, 0.3) is 0 Å². The zero-order chi connectivity index (χ0) is 14.7. The van der Waals surface area contributed by atoms with Crippen molar-refractivity contribution in [2.24, 2.45) is 0 Å². The van der Waals surface area contributed by atoms with Gasteiger partial charge in [-0.3, -0.25) is 0 Å². The van der Waals surface area contributed by atoms with Crippen LogP contribution in [0.2, 0.25) is 0 Å². The van der Waals surface area contributed by atoms with Crippen LogP contribution in [0.4, 0.5) is 5.82 Å². The van der Waals surface area contributed by atoms with Crippen molar-refractivity contribution in [2.45, 2.75) is 6.54 Å². The molecule has 0 fully saturated rings. The number of esters is 1. The first kappa shape index (κ1) is 14.2. The third-order valence-corrected chi connectivity index (χ3v) is 3.19. The van der Waals surface area contributed by atoms with Crippen LogP contribution in [0.25, 0.3) is 0 Å². The number of rotatable bonds is 4. The number of hydrogen-bond donors (Lipinski definition) is 0. The quantitative estimate of drug-likeness (QED) is 0.484. The zero-order valence-corrected chi connectivity index (χ0v) is 12.0. The summed E-state index contributed by atoms with van der Waals surface area (Å²) in [6, 6.07) is 6.87. The molecule has 2 aromatic rings. The summed E-state index contributed by atoms with van der Waals surface area (Å²) in [5.41, 5.74) is 1.08. The van der Waals surface area contributed by atoms with E-state index in [1.165, 1.54) is 18.0 Å². The second kappa shape index (κ2) is 5.83. The Morgan fingerprint density at radius 2 is 2.20 bits per heavy atom. The third-order valence-electron chi connectivity index (χ3n) is 2.63. The summed E-state index contributed by atoms with van der Waals surface area (Å²) in [6.45, 7) is 0.234. The molecule has 0 saturated carbocycles. The Hall–Kier alpha value is -2.22. The number of benzene rings is 1. The van der Waals surface area contributed by atoms with Gasteiger partial charge >= 0.3 is 11.8 Å². The second-order valence-electron chi connectivity index (χ2n) is 3.90. The molecule has 104 valence electrons. The predicted octanol–water partition coefficient (Wildman–Crippen LogP) is 2.39. The summed E-state index contributed by atoms with van der Waals surface area (Å²) in [6.07, 6.45) is 1.49. The number of hydrogen-bond acceptors (Lipinski definition) is 5. The highest BCUT2D eigenvalue weighted by molar-refractivity contribution is 9.10. The molecule has 0 unspecified atom stereocenters. The molecule has 0 aliphatic carbocycles. The molecule has 8 heteroatoms. The van der Waals surface area contributed by atoms with E-state index < -0.39 is 10.9 Å². The summed E-state index contributed by atoms with van der Waals surface area (Å²) < 4.78 is 6.38. The van der Waals surface area contributed by atoms with Gasteiger partial charge in [0.15, 0.2) is 0 Å². The van der Waals surface area contributed by atoms with Crippen LogP contribution in [0, 0.1) is 10.1 Å². The van der Waals surface area contributed by atoms with E-state index in [0.717, 1.165) is 0 Å². The Kier molecular flexibility index (Phi) is 4.14. The number of aromatic nitrogens is 2. The third kappa shape index (κ3) is 2.85. The first-order valence-corrected chi connectivity index (χ1v) is 6.35. The summed E-state index contributed by atoms with van der Waals surface area (Å²) in [7, 11) is 1.30.